The third-order valence-corrected chi connectivity index (χ3v) is 12.5. The molecule has 0 amide bonds. The first-order valence-electron chi connectivity index (χ1n) is 10.5. The first-order chi connectivity index (χ1) is 14.4. The van der Waals surface area contributed by atoms with Crippen LogP contribution in [0.4, 0.5) is 0 Å². The third kappa shape index (κ3) is 3.22. The fourth-order valence-electron chi connectivity index (χ4n) is 5.39. The first kappa shape index (κ1) is 22.4. The Bertz CT molecular complexity index is 1110. The number of fused-ring (bicyclic) bond motifs is 1. The van der Waals surface area contributed by atoms with E-state index in [9.17, 15) is 0 Å². The van der Waals surface area contributed by atoms with E-state index in [1.54, 1.807) is 0 Å². The van der Waals surface area contributed by atoms with Crippen molar-refractivity contribution in [1.29, 1.82) is 0 Å². The van der Waals surface area contributed by atoms with Crippen LogP contribution in [0.1, 0.15) is 46.1 Å². The number of rotatable bonds is 4. The number of benzene rings is 1. The zero-order chi connectivity index (χ0) is 21.6. The van der Waals surface area contributed by atoms with E-state index in [4.69, 9.17) is 17.0 Å². The van der Waals surface area contributed by atoms with E-state index in [2.05, 4.69) is 82.3 Å². The van der Waals surface area contributed by atoms with Crippen LogP contribution in [0.15, 0.2) is 96.9 Å². The zero-order valence-electron chi connectivity index (χ0n) is 18.1. The van der Waals surface area contributed by atoms with Crippen molar-refractivity contribution in [3.8, 4) is 0 Å². The number of hydrogen-bond acceptors (Lipinski definition) is 0. The first-order valence-corrected chi connectivity index (χ1v) is 18.8. The predicted molar refractivity (Wildman–Crippen MR) is 132 cm³/mol. The van der Waals surface area contributed by atoms with Crippen LogP contribution in [-0.2, 0) is 24.8 Å². The van der Waals surface area contributed by atoms with Crippen molar-refractivity contribution in [3.05, 3.63) is 102 Å². The molecule has 1 atom stereocenters. The Morgan fingerprint density at radius 2 is 1.73 bits per heavy atom. The molecule has 0 aliphatic heterocycles. The van der Waals surface area contributed by atoms with Crippen molar-refractivity contribution >= 4 is 32.0 Å². The number of allylic oxidation sites excluding steroid dienone is 12. The van der Waals surface area contributed by atoms with Crippen LogP contribution in [0.5, 0.6) is 0 Å². The van der Waals surface area contributed by atoms with Gasteiger partial charge in [-0.1, -0.05) is 0 Å². The number of hydrogen-bond donors (Lipinski definition) is 0. The monoisotopic (exact) mass is 527 g/mol. The van der Waals surface area contributed by atoms with Crippen molar-refractivity contribution in [2.24, 2.45) is 0 Å². The molecule has 0 N–H and O–H groups in total. The van der Waals surface area contributed by atoms with Gasteiger partial charge in [-0.3, -0.25) is 0 Å². The van der Waals surface area contributed by atoms with E-state index in [0.717, 1.165) is 12.8 Å². The van der Waals surface area contributed by atoms with E-state index in [1.807, 2.05) is 9.85 Å². The average Bonchev–Trinajstić information content (AvgIpc) is 3.17. The minimum atomic E-state index is -2.74. The molecule has 0 saturated heterocycles. The summed E-state index contributed by atoms with van der Waals surface area (Å²) in [6.45, 7) is 9.00. The Labute approximate surface area is 198 Å². The molecule has 3 aliphatic carbocycles. The van der Waals surface area contributed by atoms with E-state index in [-0.39, 0.29) is 5.41 Å². The molecule has 1 aromatic carbocycles. The second-order valence-corrected chi connectivity index (χ2v) is 17.1. The van der Waals surface area contributed by atoms with Gasteiger partial charge in [-0.15, -0.1) is 0 Å². The zero-order valence-corrected chi connectivity index (χ0v) is 23.5. The summed E-state index contributed by atoms with van der Waals surface area (Å²) in [4.78, 5) is 0. The Hall–Kier alpha value is -0.790. The predicted octanol–water partition coefficient (Wildman–Crippen LogP) is 6.81. The van der Waals surface area contributed by atoms with Gasteiger partial charge in [0.25, 0.3) is 0 Å². The summed E-state index contributed by atoms with van der Waals surface area (Å²) in [6, 6.07) is 11.0. The van der Waals surface area contributed by atoms with Gasteiger partial charge in [0.05, 0.1) is 0 Å². The molecule has 0 fully saturated rings. The Morgan fingerprint density at radius 3 is 2.33 bits per heavy atom. The summed E-state index contributed by atoms with van der Waals surface area (Å²) >= 11 is -2.74. The van der Waals surface area contributed by atoms with Gasteiger partial charge in [0.2, 0.25) is 0 Å². The summed E-state index contributed by atoms with van der Waals surface area (Å²) in [7, 11) is 15.7. The summed E-state index contributed by atoms with van der Waals surface area (Å²) in [5.41, 5.74) is 10.7. The maximum atomic E-state index is 6.87. The van der Waals surface area contributed by atoms with Crippen molar-refractivity contribution < 1.29 is 19.4 Å². The molecular formula is C26H27Cl2SiZr. The van der Waals surface area contributed by atoms with Gasteiger partial charge in [-0.2, -0.15) is 0 Å². The molecule has 1 unspecified atom stereocenters. The molecule has 4 rings (SSSR count). The van der Waals surface area contributed by atoms with Crippen LogP contribution in [0.3, 0.4) is 0 Å². The third-order valence-electron chi connectivity index (χ3n) is 6.99. The number of halogens is 2. The fraction of sp³-hybridized carbons (Fsp3) is 0.269. The van der Waals surface area contributed by atoms with Crippen molar-refractivity contribution in [3.63, 3.8) is 0 Å². The molecule has 4 heteroatoms. The molecule has 0 aromatic heterocycles. The van der Waals surface area contributed by atoms with E-state index in [1.165, 1.54) is 53.0 Å². The SMILES string of the molecule is CCC1=CCC(C2(c3ccccc3)C(=[SiH2])C=CC=C3C(C)=C(C)[C]([Zr]([Cl])[Cl])=C32)=C1C. The minimum absolute atomic E-state index is 0.319. The van der Waals surface area contributed by atoms with Crippen molar-refractivity contribution in [1.82, 2.24) is 0 Å². The molecule has 30 heavy (non-hydrogen) atoms. The summed E-state index contributed by atoms with van der Waals surface area (Å²) < 4.78 is 1.27. The average molecular weight is 530 g/mol. The molecule has 0 radical (unpaired) electrons. The topological polar surface area (TPSA) is 0 Å². The van der Waals surface area contributed by atoms with Gasteiger partial charge in [0, 0.05) is 0 Å². The van der Waals surface area contributed by atoms with Crippen LogP contribution in [-0.4, -0.2) is 15.0 Å². The van der Waals surface area contributed by atoms with Gasteiger partial charge < -0.3 is 0 Å². The maximum absolute atomic E-state index is 6.87. The van der Waals surface area contributed by atoms with E-state index in [0.29, 0.717) is 0 Å². The normalized spacial score (nSPS) is 23.7. The molecule has 3 aliphatic rings. The fourth-order valence-corrected chi connectivity index (χ4v) is 11.3. The second kappa shape index (κ2) is 8.62. The van der Waals surface area contributed by atoms with Gasteiger partial charge in [-0.05, 0) is 0 Å². The van der Waals surface area contributed by atoms with Gasteiger partial charge in [0.15, 0.2) is 0 Å². The molecule has 153 valence electrons. The van der Waals surface area contributed by atoms with E-state index >= 15 is 0 Å². The van der Waals surface area contributed by atoms with Crippen LogP contribution >= 0.6 is 17.0 Å². The van der Waals surface area contributed by atoms with Crippen LogP contribution in [0.2, 0.25) is 0 Å². The Balaban J connectivity index is 2.17. The summed E-state index contributed by atoms with van der Waals surface area (Å²) in [6.07, 6.45) is 11.3. The Morgan fingerprint density at radius 1 is 1.03 bits per heavy atom. The van der Waals surface area contributed by atoms with Gasteiger partial charge in [-0.25, -0.2) is 0 Å². The quantitative estimate of drug-likeness (QED) is 0.376. The summed E-state index contributed by atoms with van der Waals surface area (Å²) in [5, 5.41) is 1.37. The molecule has 0 nitrogen and oxygen atoms in total. The van der Waals surface area contributed by atoms with Crippen molar-refractivity contribution in [2.75, 3.05) is 0 Å². The van der Waals surface area contributed by atoms with E-state index < -0.39 is 19.4 Å². The second-order valence-electron chi connectivity index (χ2n) is 8.23. The standard InChI is InChI=1S/C26H27Si.2ClH.Zr/c1-5-20-14-15-23(19(20)4)26(21-10-7-6-8-11-21)24-16-17(2)18(3)22(24)12-9-13-25(26)27;;;/h6-14H,5,15,27H2,1-4H3;2*1H;/q;;;+2/p-2. The summed E-state index contributed by atoms with van der Waals surface area (Å²) in [5.74, 6) is 0. The molecule has 0 heterocycles. The molecule has 0 saturated carbocycles. The Kier molecular flexibility index (Phi) is 6.44. The molecule has 0 bridgehead atoms. The van der Waals surface area contributed by atoms with Crippen LogP contribution < -0.4 is 0 Å². The molecule has 0 spiro atoms. The van der Waals surface area contributed by atoms with Crippen LogP contribution in [0, 0.1) is 0 Å². The van der Waals surface area contributed by atoms with Gasteiger partial charge in [0.1, 0.15) is 0 Å². The molecular weight excluding hydrogens is 503 g/mol. The van der Waals surface area contributed by atoms with Crippen LogP contribution in [0.25, 0.3) is 0 Å². The van der Waals surface area contributed by atoms with Gasteiger partial charge >= 0.3 is 200 Å². The van der Waals surface area contributed by atoms with Crippen molar-refractivity contribution in [2.45, 2.75) is 46.0 Å². The molecule has 1 aromatic rings.